The van der Waals surface area contributed by atoms with Crippen LogP contribution in [0.5, 0.6) is 11.5 Å². The zero-order valence-corrected chi connectivity index (χ0v) is 17.0. The van der Waals surface area contributed by atoms with Gasteiger partial charge >= 0.3 is 18.3 Å². The molecule has 1 heterocycles. The third-order valence-electron chi connectivity index (χ3n) is 4.40. The number of carbonyl (C=O) groups is 1. The molecule has 1 aromatic heterocycles. The lowest BCUT2D eigenvalue weighted by molar-refractivity contribution is -0.143. The average Bonchev–Trinajstić information content (AvgIpc) is 3.24. The van der Waals surface area contributed by atoms with Gasteiger partial charge in [-0.15, -0.1) is 0 Å². The van der Waals surface area contributed by atoms with Crippen LogP contribution in [-0.2, 0) is 23.7 Å². The summed E-state index contributed by atoms with van der Waals surface area (Å²) in [4.78, 5) is 12.2. The van der Waals surface area contributed by atoms with Gasteiger partial charge in [0.15, 0.2) is 17.3 Å². The van der Waals surface area contributed by atoms with Gasteiger partial charge in [-0.05, 0) is 36.4 Å². The van der Waals surface area contributed by atoms with Gasteiger partial charge in [-0.3, -0.25) is 0 Å². The molecule has 33 heavy (non-hydrogen) atoms. The molecule has 0 aliphatic rings. The predicted molar refractivity (Wildman–Crippen MR) is 101 cm³/mol. The maximum atomic E-state index is 13.0. The number of hydrogen-bond donors (Lipinski definition) is 0. The van der Waals surface area contributed by atoms with Crippen LogP contribution < -0.4 is 9.47 Å². The monoisotopic (exact) mass is 475 g/mol. The Morgan fingerprint density at radius 1 is 0.879 bits per heavy atom. The van der Waals surface area contributed by atoms with E-state index in [9.17, 15) is 31.1 Å². The lowest BCUT2D eigenvalue weighted by Gasteiger charge is -2.13. The number of ether oxygens (including phenoxy) is 3. The van der Waals surface area contributed by atoms with Crippen molar-refractivity contribution in [1.82, 2.24) is 5.16 Å². The van der Waals surface area contributed by atoms with Crippen LogP contribution in [0.4, 0.5) is 26.3 Å². The van der Waals surface area contributed by atoms with E-state index in [0.717, 1.165) is 0 Å². The second kappa shape index (κ2) is 9.04. The molecular formula is C21H15F6NO5. The van der Waals surface area contributed by atoms with E-state index >= 15 is 0 Å². The van der Waals surface area contributed by atoms with Crippen molar-refractivity contribution in [2.24, 2.45) is 0 Å². The molecule has 0 fully saturated rings. The highest BCUT2D eigenvalue weighted by atomic mass is 19.4. The van der Waals surface area contributed by atoms with Crippen molar-refractivity contribution in [3.63, 3.8) is 0 Å². The highest BCUT2D eigenvalue weighted by Gasteiger charge is 2.37. The second-order valence-corrected chi connectivity index (χ2v) is 6.62. The smallest absolute Gasteiger partial charge is 0.416 e. The molecule has 3 rings (SSSR count). The summed E-state index contributed by atoms with van der Waals surface area (Å²) in [6.07, 6.45) is -10.2. The first kappa shape index (κ1) is 24.0. The Morgan fingerprint density at radius 2 is 1.48 bits per heavy atom. The summed E-state index contributed by atoms with van der Waals surface area (Å²) < 4.78 is 98.0. The number of rotatable bonds is 6. The number of nitrogens with zero attached hydrogens (tertiary/aromatic N) is 1. The molecule has 0 aliphatic heterocycles. The summed E-state index contributed by atoms with van der Waals surface area (Å²) in [5.74, 6) is -0.263. The summed E-state index contributed by atoms with van der Waals surface area (Å²) in [6.45, 7) is -0.548. The molecule has 176 valence electrons. The topological polar surface area (TPSA) is 70.8 Å². The van der Waals surface area contributed by atoms with Gasteiger partial charge in [0.1, 0.15) is 12.3 Å². The van der Waals surface area contributed by atoms with E-state index in [1.54, 1.807) is 18.2 Å². The van der Waals surface area contributed by atoms with E-state index in [0.29, 0.717) is 17.1 Å². The van der Waals surface area contributed by atoms with Crippen LogP contribution in [0.25, 0.3) is 11.3 Å². The Bertz CT molecular complexity index is 1120. The molecule has 0 aliphatic carbocycles. The molecule has 0 unspecified atom stereocenters. The molecule has 0 saturated heterocycles. The average molecular weight is 475 g/mol. The largest absolute Gasteiger partial charge is 0.493 e. The maximum absolute atomic E-state index is 13.0. The van der Waals surface area contributed by atoms with E-state index < -0.39 is 41.6 Å². The molecule has 0 N–H and O–H groups in total. The van der Waals surface area contributed by atoms with E-state index in [2.05, 4.69) is 5.16 Å². The number of carbonyl (C=O) groups excluding carboxylic acids is 1. The maximum Gasteiger partial charge on any atom is 0.416 e. The van der Waals surface area contributed by atoms with E-state index in [-0.39, 0.29) is 29.7 Å². The van der Waals surface area contributed by atoms with Crippen LogP contribution in [0.15, 0.2) is 47.0 Å². The number of esters is 1. The lowest BCUT2D eigenvalue weighted by atomic mass is 10.0. The summed E-state index contributed by atoms with van der Waals surface area (Å²) in [5, 5.41) is 3.69. The molecule has 0 amide bonds. The molecule has 6 nitrogen and oxygen atoms in total. The number of aromatic nitrogens is 1. The number of methoxy groups -OCH3 is 2. The van der Waals surface area contributed by atoms with Crippen molar-refractivity contribution in [3.8, 4) is 22.8 Å². The van der Waals surface area contributed by atoms with Gasteiger partial charge in [0.25, 0.3) is 0 Å². The zero-order chi connectivity index (χ0) is 24.4. The normalized spacial score (nSPS) is 11.9. The van der Waals surface area contributed by atoms with Crippen LogP contribution in [0.1, 0.15) is 27.2 Å². The van der Waals surface area contributed by atoms with Crippen molar-refractivity contribution in [1.29, 1.82) is 0 Å². The van der Waals surface area contributed by atoms with Crippen molar-refractivity contribution < 1.29 is 49.9 Å². The summed E-state index contributed by atoms with van der Waals surface area (Å²) in [5.41, 5.74) is -3.54. The van der Waals surface area contributed by atoms with E-state index in [4.69, 9.17) is 18.7 Å². The first-order valence-corrected chi connectivity index (χ1v) is 9.07. The Labute approximate surface area is 182 Å². The standard InChI is InChI=1S/C21H15F6NO5/c1-30-16-4-3-11(7-18(16)31-2)17-9-15(28-33-17)10-32-19(29)12-5-13(20(22,23)24)8-14(6-12)21(25,26)27/h3-9H,10H2,1-2H3. The number of hydrogen-bond acceptors (Lipinski definition) is 6. The van der Waals surface area contributed by atoms with Gasteiger partial charge in [0.2, 0.25) is 0 Å². The molecule has 2 aromatic carbocycles. The van der Waals surface area contributed by atoms with Crippen molar-refractivity contribution in [2.75, 3.05) is 14.2 Å². The van der Waals surface area contributed by atoms with Gasteiger partial charge in [-0.1, -0.05) is 5.16 Å². The van der Waals surface area contributed by atoms with Crippen LogP contribution >= 0.6 is 0 Å². The van der Waals surface area contributed by atoms with Gasteiger partial charge in [0, 0.05) is 11.6 Å². The summed E-state index contributed by atoms with van der Waals surface area (Å²) in [6, 6.07) is 6.73. The quantitative estimate of drug-likeness (QED) is 0.334. The molecule has 0 radical (unpaired) electrons. The third kappa shape index (κ3) is 5.57. The fraction of sp³-hybridized carbons (Fsp3) is 0.238. The van der Waals surface area contributed by atoms with Gasteiger partial charge in [0.05, 0.1) is 30.9 Å². The van der Waals surface area contributed by atoms with E-state index in [1.165, 1.54) is 20.3 Å². The van der Waals surface area contributed by atoms with Crippen LogP contribution in [0, 0.1) is 0 Å². The minimum Gasteiger partial charge on any atom is -0.493 e. The fourth-order valence-electron chi connectivity index (χ4n) is 2.80. The summed E-state index contributed by atoms with van der Waals surface area (Å²) >= 11 is 0. The minimum absolute atomic E-state index is 0.0795. The predicted octanol–water partition coefficient (Wildman–Crippen LogP) is 5.75. The number of alkyl halides is 6. The first-order valence-electron chi connectivity index (χ1n) is 9.07. The number of benzene rings is 2. The Hall–Kier alpha value is -3.70. The van der Waals surface area contributed by atoms with Crippen LogP contribution in [0.2, 0.25) is 0 Å². The lowest BCUT2D eigenvalue weighted by Crippen LogP contribution is -2.14. The molecule has 0 spiro atoms. The fourth-order valence-corrected chi connectivity index (χ4v) is 2.80. The molecule has 0 bridgehead atoms. The second-order valence-electron chi connectivity index (χ2n) is 6.62. The minimum atomic E-state index is -5.09. The van der Waals surface area contributed by atoms with Crippen LogP contribution in [-0.4, -0.2) is 25.3 Å². The summed E-state index contributed by atoms with van der Waals surface area (Å²) in [7, 11) is 2.89. The molecule has 12 heteroatoms. The first-order chi connectivity index (χ1) is 15.4. The molecule has 0 atom stereocenters. The highest BCUT2D eigenvalue weighted by Crippen LogP contribution is 2.37. The van der Waals surface area contributed by atoms with Crippen molar-refractivity contribution in [3.05, 3.63) is 64.8 Å². The van der Waals surface area contributed by atoms with Crippen molar-refractivity contribution >= 4 is 5.97 Å². The zero-order valence-electron chi connectivity index (χ0n) is 17.0. The van der Waals surface area contributed by atoms with E-state index in [1.807, 2.05) is 0 Å². The van der Waals surface area contributed by atoms with Gasteiger partial charge < -0.3 is 18.7 Å². The number of halogens is 6. The SMILES string of the molecule is COc1ccc(-c2cc(COC(=O)c3cc(C(F)(F)F)cc(C(F)(F)F)c3)no2)cc1OC. The molecule has 3 aromatic rings. The third-order valence-corrected chi connectivity index (χ3v) is 4.40. The van der Waals surface area contributed by atoms with Crippen LogP contribution in [0.3, 0.4) is 0 Å². The Kier molecular flexibility index (Phi) is 6.56. The van der Waals surface area contributed by atoms with Gasteiger partial charge in [-0.2, -0.15) is 26.3 Å². The Balaban J connectivity index is 1.78. The highest BCUT2D eigenvalue weighted by molar-refractivity contribution is 5.90. The van der Waals surface area contributed by atoms with Crippen molar-refractivity contribution in [2.45, 2.75) is 19.0 Å². The van der Waals surface area contributed by atoms with Gasteiger partial charge in [-0.25, -0.2) is 4.79 Å². The molecule has 0 saturated carbocycles. The molecular weight excluding hydrogens is 460 g/mol. The Morgan fingerprint density at radius 3 is 2.03 bits per heavy atom.